The minimum Gasteiger partial charge on any atom is -0.475 e. The van der Waals surface area contributed by atoms with Crippen molar-refractivity contribution in [3.05, 3.63) is 59.5 Å². The number of hydrogen-bond donors (Lipinski definition) is 1. The van der Waals surface area contributed by atoms with Gasteiger partial charge in [-0.15, -0.1) is 0 Å². The molecule has 1 aromatic heterocycles. The van der Waals surface area contributed by atoms with E-state index in [9.17, 15) is 4.79 Å². The molecule has 1 N–H and O–H groups in total. The average Bonchev–Trinajstić information content (AvgIpc) is 2.84. The first-order valence-corrected chi connectivity index (χ1v) is 5.68. The zero-order chi connectivity index (χ0) is 12.8. The molecule has 0 bridgehead atoms. The van der Waals surface area contributed by atoms with Crippen molar-refractivity contribution in [3.63, 3.8) is 0 Å². The van der Waals surface area contributed by atoms with Crippen LogP contribution in [-0.2, 0) is 17.8 Å². The second kappa shape index (κ2) is 6.02. The van der Waals surface area contributed by atoms with Gasteiger partial charge >= 0.3 is 5.97 Å². The summed E-state index contributed by atoms with van der Waals surface area (Å²) < 4.78 is 10.3. The van der Waals surface area contributed by atoms with Gasteiger partial charge in [-0.25, -0.2) is 4.79 Å². The van der Waals surface area contributed by atoms with Gasteiger partial charge in [0.05, 0.1) is 19.5 Å². The van der Waals surface area contributed by atoms with Crippen LogP contribution in [0.15, 0.2) is 47.1 Å². The highest BCUT2D eigenvalue weighted by atomic mass is 16.5. The summed E-state index contributed by atoms with van der Waals surface area (Å²) in [5, 5.41) is 8.84. The summed E-state index contributed by atoms with van der Waals surface area (Å²) in [4.78, 5) is 10.8. The van der Waals surface area contributed by atoms with Gasteiger partial charge in [0.2, 0.25) is 5.76 Å². The Morgan fingerprint density at radius 2 is 2.00 bits per heavy atom. The van der Waals surface area contributed by atoms with Crippen LogP contribution in [-0.4, -0.2) is 17.7 Å². The molecule has 4 heteroatoms. The van der Waals surface area contributed by atoms with Crippen LogP contribution in [0.4, 0.5) is 0 Å². The van der Waals surface area contributed by atoms with Crippen LogP contribution < -0.4 is 0 Å². The smallest absolute Gasteiger partial charge is 0.372 e. The number of ether oxygens (including phenoxy) is 1. The first kappa shape index (κ1) is 12.4. The molecule has 1 aromatic carbocycles. The van der Waals surface area contributed by atoms with E-state index in [2.05, 4.69) is 0 Å². The first-order valence-electron chi connectivity index (χ1n) is 5.68. The molecule has 0 saturated heterocycles. The van der Waals surface area contributed by atoms with E-state index in [4.69, 9.17) is 14.3 Å². The fraction of sp³-hybridized carbons (Fsp3) is 0.214. The molecular formula is C14H14O4. The van der Waals surface area contributed by atoms with Crippen molar-refractivity contribution in [1.29, 1.82) is 0 Å². The molecule has 0 unspecified atom stereocenters. The number of furan rings is 1. The first-order chi connectivity index (χ1) is 8.77. The van der Waals surface area contributed by atoms with Crippen molar-refractivity contribution >= 4 is 5.97 Å². The minimum atomic E-state index is -1.07. The molecule has 4 nitrogen and oxygen atoms in total. The molecule has 0 aliphatic rings. The SMILES string of the molecule is O=C(O)c1occc1COCCc1ccccc1. The number of hydrogen-bond acceptors (Lipinski definition) is 3. The van der Waals surface area contributed by atoms with E-state index >= 15 is 0 Å². The Balaban J connectivity index is 1.79. The third kappa shape index (κ3) is 3.21. The van der Waals surface area contributed by atoms with Gasteiger partial charge in [-0.3, -0.25) is 0 Å². The van der Waals surface area contributed by atoms with Gasteiger partial charge in [0.1, 0.15) is 0 Å². The van der Waals surface area contributed by atoms with E-state index in [1.807, 2.05) is 30.3 Å². The molecule has 0 spiro atoms. The summed E-state index contributed by atoms with van der Waals surface area (Å²) >= 11 is 0. The van der Waals surface area contributed by atoms with Gasteiger partial charge in [-0.1, -0.05) is 30.3 Å². The van der Waals surface area contributed by atoms with Crippen LogP contribution in [0.3, 0.4) is 0 Å². The van der Waals surface area contributed by atoms with Crippen LogP contribution in [0.2, 0.25) is 0 Å². The van der Waals surface area contributed by atoms with E-state index in [0.29, 0.717) is 12.2 Å². The van der Waals surface area contributed by atoms with Gasteiger partial charge < -0.3 is 14.3 Å². The standard InChI is InChI=1S/C14H14O4/c15-14(16)13-12(7-9-18-13)10-17-8-6-11-4-2-1-3-5-11/h1-5,7,9H,6,8,10H2,(H,15,16). The van der Waals surface area contributed by atoms with Crippen molar-refractivity contribution in [2.75, 3.05) is 6.61 Å². The molecule has 0 fully saturated rings. The summed E-state index contributed by atoms with van der Waals surface area (Å²) in [7, 11) is 0. The number of carbonyl (C=O) groups is 1. The van der Waals surface area contributed by atoms with Crippen LogP contribution in [0.25, 0.3) is 0 Å². The molecular weight excluding hydrogens is 232 g/mol. The number of aromatic carboxylic acids is 1. The monoisotopic (exact) mass is 246 g/mol. The quantitative estimate of drug-likeness (QED) is 0.796. The summed E-state index contributed by atoms with van der Waals surface area (Å²) in [5.74, 6) is -1.11. The normalized spacial score (nSPS) is 10.4. The predicted molar refractivity (Wildman–Crippen MR) is 65.5 cm³/mol. The van der Waals surface area contributed by atoms with Crippen molar-refractivity contribution < 1.29 is 19.1 Å². The molecule has 0 aliphatic heterocycles. The Morgan fingerprint density at radius 3 is 2.72 bits per heavy atom. The molecule has 0 radical (unpaired) electrons. The lowest BCUT2D eigenvalue weighted by atomic mass is 10.2. The molecule has 0 aliphatic carbocycles. The molecule has 0 saturated carbocycles. The Kier molecular flexibility index (Phi) is 4.15. The van der Waals surface area contributed by atoms with Crippen molar-refractivity contribution in [2.45, 2.75) is 13.0 Å². The minimum absolute atomic E-state index is 0.0466. The second-order valence-electron chi connectivity index (χ2n) is 3.87. The van der Waals surface area contributed by atoms with Gasteiger partial charge in [-0.05, 0) is 18.1 Å². The van der Waals surface area contributed by atoms with Gasteiger partial charge in [0.15, 0.2) is 0 Å². The molecule has 0 atom stereocenters. The molecule has 1 heterocycles. The number of carboxylic acids is 1. The maximum Gasteiger partial charge on any atom is 0.372 e. The van der Waals surface area contributed by atoms with E-state index in [1.165, 1.54) is 11.8 Å². The summed E-state index contributed by atoms with van der Waals surface area (Å²) in [5.41, 5.74) is 1.76. The lowest BCUT2D eigenvalue weighted by molar-refractivity contribution is 0.0650. The van der Waals surface area contributed by atoms with Gasteiger partial charge in [0, 0.05) is 5.56 Å². The summed E-state index contributed by atoms with van der Waals surface area (Å²) in [6.07, 6.45) is 2.17. The highest BCUT2D eigenvalue weighted by molar-refractivity contribution is 5.85. The molecule has 2 rings (SSSR count). The van der Waals surface area contributed by atoms with Crippen molar-refractivity contribution in [1.82, 2.24) is 0 Å². The topological polar surface area (TPSA) is 59.7 Å². The maximum absolute atomic E-state index is 10.8. The summed E-state index contributed by atoms with van der Waals surface area (Å²) in [6.45, 7) is 0.805. The Morgan fingerprint density at radius 1 is 1.22 bits per heavy atom. The van der Waals surface area contributed by atoms with E-state index in [0.717, 1.165) is 6.42 Å². The van der Waals surface area contributed by atoms with E-state index in [1.54, 1.807) is 6.07 Å². The molecule has 18 heavy (non-hydrogen) atoms. The highest BCUT2D eigenvalue weighted by Gasteiger charge is 2.13. The fourth-order valence-corrected chi connectivity index (χ4v) is 1.65. The Bertz CT molecular complexity index is 502. The van der Waals surface area contributed by atoms with Crippen LogP contribution in [0.1, 0.15) is 21.7 Å². The van der Waals surface area contributed by atoms with Crippen molar-refractivity contribution in [3.8, 4) is 0 Å². The summed E-state index contributed by atoms with van der Waals surface area (Å²) in [6, 6.07) is 11.6. The lowest BCUT2D eigenvalue weighted by Gasteiger charge is -2.03. The number of benzene rings is 1. The zero-order valence-corrected chi connectivity index (χ0v) is 9.83. The number of rotatable bonds is 6. The van der Waals surface area contributed by atoms with Gasteiger partial charge in [0.25, 0.3) is 0 Å². The zero-order valence-electron chi connectivity index (χ0n) is 9.83. The second-order valence-corrected chi connectivity index (χ2v) is 3.87. The largest absolute Gasteiger partial charge is 0.475 e. The fourth-order valence-electron chi connectivity index (χ4n) is 1.65. The van der Waals surface area contributed by atoms with Gasteiger partial charge in [-0.2, -0.15) is 0 Å². The highest BCUT2D eigenvalue weighted by Crippen LogP contribution is 2.12. The average molecular weight is 246 g/mol. The Hall–Kier alpha value is -2.07. The van der Waals surface area contributed by atoms with E-state index in [-0.39, 0.29) is 12.4 Å². The maximum atomic E-state index is 10.8. The van der Waals surface area contributed by atoms with Crippen LogP contribution in [0.5, 0.6) is 0 Å². The lowest BCUT2D eigenvalue weighted by Crippen LogP contribution is -2.03. The third-order valence-electron chi connectivity index (χ3n) is 2.58. The number of carboxylic acid groups (broad SMARTS) is 1. The molecule has 2 aromatic rings. The van der Waals surface area contributed by atoms with Crippen molar-refractivity contribution in [2.24, 2.45) is 0 Å². The third-order valence-corrected chi connectivity index (χ3v) is 2.58. The van der Waals surface area contributed by atoms with Crippen LogP contribution >= 0.6 is 0 Å². The van der Waals surface area contributed by atoms with Crippen LogP contribution in [0, 0.1) is 0 Å². The predicted octanol–water partition coefficient (Wildman–Crippen LogP) is 2.74. The molecule has 0 amide bonds. The van der Waals surface area contributed by atoms with E-state index < -0.39 is 5.97 Å². The Labute approximate surface area is 105 Å². The molecule has 94 valence electrons.